The number of nitrogens with zero attached hydrogens (tertiary/aromatic N) is 7. The van der Waals surface area contributed by atoms with E-state index in [4.69, 9.17) is 35.5 Å². The van der Waals surface area contributed by atoms with Crippen LogP contribution in [-0.2, 0) is 37.8 Å². The smallest absolute Gasteiger partial charge is 0.269 e. The quantitative estimate of drug-likeness (QED) is 0.238. The monoisotopic (exact) mass is 653 g/mol. The van der Waals surface area contributed by atoms with Crippen molar-refractivity contribution in [2.75, 3.05) is 105 Å². The summed E-state index contributed by atoms with van der Waals surface area (Å²) in [6.45, 7) is 11.4. The molecule has 0 saturated carbocycles. The number of hydrogen-bond donors (Lipinski definition) is 0. The predicted octanol–water partition coefficient (Wildman–Crippen LogP) is 2.19. The number of non-ortho nitro benzene ring substituents is 1. The Labute approximate surface area is 258 Å². The normalized spacial score (nSPS) is 22.4. The first-order chi connectivity index (χ1) is 20.9. The number of aryl methyl sites for hydroxylation is 1. The standard InChI is InChI=1S/C27H41N7O6P2S/c1-29-23-26(42(43,32-10-18-39-19-11-32)33-12-20-40-21-13-33)22-27(29)41(30-6-14-37-15-7-30,31-8-16-38-17-9-31)28-24-2-4-25(5-3-24)34(35)36/h2-5,22-23H,6-21H2,1H3. The van der Waals surface area contributed by atoms with Crippen molar-refractivity contribution in [3.63, 3.8) is 0 Å². The lowest BCUT2D eigenvalue weighted by Crippen LogP contribution is -2.47. The molecule has 4 aliphatic heterocycles. The number of rotatable bonds is 8. The molecule has 236 valence electrons. The van der Waals surface area contributed by atoms with Crippen LogP contribution in [0.5, 0.6) is 0 Å². The molecule has 0 N–H and O–H groups in total. The molecule has 43 heavy (non-hydrogen) atoms. The molecule has 0 bridgehead atoms. The summed E-state index contributed by atoms with van der Waals surface area (Å²) in [5, 5.41) is 12.6. The summed E-state index contributed by atoms with van der Waals surface area (Å²) < 4.78 is 40.9. The number of ether oxygens (including phenoxy) is 4. The number of nitro benzene ring substituents is 1. The molecule has 5 heterocycles. The Morgan fingerprint density at radius 1 is 0.744 bits per heavy atom. The van der Waals surface area contributed by atoms with Crippen LogP contribution < -0.4 is 10.7 Å². The second-order valence-corrected chi connectivity index (χ2v) is 18.1. The van der Waals surface area contributed by atoms with Gasteiger partial charge in [0.15, 0.2) is 0 Å². The number of hydrogen-bond acceptors (Lipinski definition) is 8. The van der Waals surface area contributed by atoms with E-state index in [2.05, 4.69) is 42.6 Å². The van der Waals surface area contributed by atoms with Crippen molar-refractivity contribution < 1.29 is 23.9 Å². The third-order valence-electron chi connectivity index (χ3n) is 8.43. The summed E-state index contributed by atoms with van der Waals surface area (Å²) in [6.07, 6.45) is -0.106. The predicted molar refractivity (Wildman–Crippen MR) is 171 cm³/mol. The summed E-state index contributed by atoms with van der Waals surface area (Å²) in [5.74, 6) is 0. The van der Waals surface area contributed by atoms with Crippen molar-refractivity contribution in [2.45, 2.75) is 0 Å². The van der Waals surface area contributed by atoms with Crippen molar-refractivity contribution in [1.29, 1.82) is 0 Å². The van der Waals surface area contributed by atoms with Crippen molar-refractivity contribution in [1.82, 2.24) is 23.2 Å². The third kappa shape index (κ3) is 6.30. The first kappa shape index (κ1) is 31.4. The average Bonchev–Trinajstić information content (AvgIpc) is 3.47. The molecule has 0 radical (unpaired) electrons. The lowest BCUT2D eigenvalue weighted by molar-refractivity contribution is -0.384. The highest BCUT2D eigenvalue weighted by molar-refractivity contribution is 8.15. The molecular weight excluding hydrogens is 612 g/mol. The maximum atomic E-state index is 11.4. The Morgan fingerprint density at radius 3 is 1.58 bits per heavy atom. The van der Waals surface area contributed by atoms with Crippen LogP contribution in [0.25, 0.3) is 0 Å². The van der Waals surface area contributed by atoms with E-state index in [-0.39, 0.29) is 10.6 Å². The van der Waals surface area contributed by atoms with E-state index in [0.29, 0.717) is 52.9 Å². The molecule has 6 rings (SSSR count). The van der Waals surface area contributed by atoms with Gasteiger partial charge in [0.1, 0.15) is 13.7 Å². The maximum Gasteiger partial charge on any atom is 0.269 e. The summed E-state index contributed by atoms with van der Waals surface area (Å²) in [5.41, 5.74) is 1.90. The van der Waals surface area contributed by atoms with Crippen molar-refractivity contribution in [3.8, 4) is 0 Å². The van der Waals surface area contributed by atoms with Gasteiger partial charge in [0.25, 0.3) is 5.69 Å². The molecule has 4 aliphatic rings. The lowest BCUT2D eigenvalue weighted by Gasteiger charge is -2.46. The third-order valence-corrected chi connectivity index (χ3v) is 17.6. The molecule has 4 fully saturated rings. The van der Waals surface area contributed by atoms with Crippen LogP contribution in [0.2, 0.25) is 0 Å². The lowest BCUT2D eigenvalue weighted by atomic mass is 10.3. The van der Waals surface area contributed by atoms with E-state index in [9.17, 15) is 10.1 Å². The number of morpholine rings is 4. The highest BCUT2D eigenvalue weighted by Crippen LogP contribution is 2.59. The van der Waals surface area contributed by atoms with Crippen LogP contribution in [0, 0.1) is 10.1 Å². The minimum atomic E-state index is -2.62. The summed E-state index contributed by atoms with van der Waals surface area (Å²) in [7, 11) is -0.508. The SMILES string of the molecule is Cn1cc(P(=S)(N2CCOCC2)N2CCOCC2)cc1P(=Nc1ccc([N+](=O)[O-])cc1)(N1CCOCC1)N1CCOCC1. The molecule has 0 spiro atoms. The van der Waals surface area contributed by atoms with Gasteiger partial charge in [-0.2, -0.15) is 0 Å². The highest BCUT2D eigenvalue weighted by Gasteiger charge is 2.43. The fourth-order valence-electron chi connectivity index (χ4n) is 6.26. The molecule has 4 saturated heterocycles. The second kappa shape index (κ2) is 13.8. The van der Waals surface area contributed by atoms with E-state index in [0.717, 1.165) is 68.8 Å². The van der Waals surface area contributed by atoms with Crippen LogP contribution in [0.3, 0.4) is 0 Å². The van der Waals surface area contributed by atoms with E-state index in [1.54, 1.807) is 24.3 Å². The first-order valence-electron chi connectivity index (χ1n) is 14.9. The van der Waals surface area contributed by atoms with E-state index in [1.807, 2.05) is 0 Å². The minimum absolute atomic E-state index is 0.0542. The topological polar surface area (TPSA) is 110 Å². The van der Waals surface area contributed by atoms with E-state index >= 15 is 0 Å². The van der Waals surface area contributed by atoms with E-state index < -0.39 is 13.7 Å². The maximum absolute atomic E-state index is 11.4. The molecule has 0 unspecified atom stereocenters. The van der Waals surface area contributed by atoms with Gasteiger partial charge in [0, 0.05) is 83.0 Å². The molecule has 0 aliphatic carbocycles. The number of benzene rings is 1. The van der Waals surface area contributed by atoms with Crippen molar-refractivity contribution in [2.24, 2.45) is 11.8 Å². The van der Waals surface area contributed by atoms with Crippen LogP contribution in [0.15, 0.2) is 41.3 Å². The summed E-state index contributed by atoms with van der Waals surface area (Å²) >= 11 is 6.77. The van der Waals surface area contributed by atoms with Crippen LogP contribution in [0.4, 0.5) is 11.4 Å². The molecule has 1 aromatic carbocycles. The Morgan fingerprint density at radius 2 is 1.16 bits per heavy atom. The Hall–Kier alpha value is -1.54. The van der Waals surface area contributed by atoms with Gasteiger partial charge in [0.2, 0.25) is 0 Å². The number of aromatic nitrogens is 1. The Kier molecular flexibility index (Phi) is 10.1. The van der Waals surface area contributed by atoms with Gasteiger partial charge in [-0.1, -0.05) is 11.8 Å². The Bertz CT molecular complexity index is 1320. The van der Waals surface area contributed by atoms with Gasteiger partial charge >= 0.3 is 0 Å². The van der Waals surface area contributed by atoms with Gasteiger partial charge in [-0.25, -0.2) is 14.1 Å². The molecular formula is C27H41N7O6P2S. The average molecular weight is 654 g/mol. The molecule has 13 nitrogen and oxygen atoms in total. The first-order valence-corrected chi connectivity index (χ1v) is 19.3. The largest absolute Gasteiger partial charge is 0.379 e. The van der Waals surface area contributed by atoms with Gasteiger partial charge < -0.3 is 23.5 Å². The molecule has 16 heteroatoms. The Balaban J connectivity index is 1.54. The molecule has 2 aromatic rings. The second-order valence-electron chi connectivity index (χ2n) is 10.9. The molecule has 1 aromatic heterocycles. The van der Waals surface area contributed by atoms with Gasteiger partial charge in [-0.15, -0.1) is 0 Å². The highest BCUT2D eigenvalue weighted by atomic mass is 32.4. The molecule has 0 atom stereocenters. The van der Waals surface area contributed by atoms with Crippen LogP contribution in [-0.4, -0.2) is 133 Å². The van der Waals surface area contributed by atoms with E-state index in [1.165, 1.54) is 0 Å². The van der Waals surface area contributed by atoms with Gasteiger partial charge in [-0.05, 0) is 18.2 Å². The zero-order valence-corrected chi connectivity index (χ0v) is 27.3. The summed E-state index contributed by atoms with van der Waals surface area (Å²) in [4.78, 5) is 11.0. The van der Waals surface area contributed by atoms with Crippen molar-refractivity contribution in [3.05, 3.63) is 46.6 Å². The fourth-order valence-corrected chi connectivity index (χ4v) is 14.7. The minimum Gasteiger partial charge on any atom is -0.379 e. The zero-order valence-electron chi connectivity index (χ0n) is 24.7. The van der Waals surface area contributed by atoms with Gasteiger partial charge in [-0.3, -0.25) is 19.5 Å². The fraction of sp³-hybridized carbons (Fsp3) is 0.630. The summed E-state index contributed by atoms with van der Waals surface area (Å²) in [6, 6.07) is 8.95. The van der Waals surface area contributed by atoms with Gasteiger partial charge in [0.05, 0.1) is 68.9 Å². The van der Waals surface area contributed by atoms with Crippen LogP contribution >= 0.6 is 13.7 Å². The molecule has 0 amide bonds. The number of nitro groups is 1. The zero-order chi connectivity index (χ0) is 29.9. The van der Waals surface area contributed by atoms with Crippen molar-refractivity contribution >= 4 is 47.6 Å². The van der Waals surface area contributed by atoms with Crippen LogP contribution in [0.1, 0.15) is 0 Å².